The number of halogens is 1. The highest BCUT2D eigenvalue weighted by Gasteiger charge is 2.28. The van der Waals surface area contributed by atoms with Gasteiger partial charge in [-0.1, -0.05) is 12.1 Å². The molecule has 2 saturated heterocycles. The number of aliphatic imine (C=N–C) groups is 1. The van der Waals surface area contributed by atoms with E-state index in [9.17, 15) is 8.42 Å². The third-order valence-electron chi connectivity index (χ3n) is 5.02. The average Bonchev–Trinajstić information content (AvgIpc) is 3.06. The largest absolute Gasteiger partial charge is 0.492 e. The Hall–Kier alpha value is -1.11. The van der Waals surface area contributed by atoms with Gasteiger partial charge in [0.1, 0.15) is 12.4 Å². The van der Waals surface area contributed by atoms with Crippen LogP contribution in [0, 0.1) is 0 Å². The van der Waals surface area contributed by atoms with Crippen LogP contribution in [0.25, 0.3) is 0 Å². The molecule has 1 unspecified atom stereocenters. The predicted octanol–water partition coefficient (Wildman–Crippen LogP) is 1.26. The van der Waals surface area contributed by atoms with Crippen molar-refractivity contribution in [2.24, 2.45) is 4.99 Å². The molecule has 1 aromatic rings. The molecule has 0 aliphatic carbocycles. The van der Waals surface area contributed by atoms with E-state index >= 15 is 0 Å². The van der Waals surface area contributed by atoms with Crippen LogP contribution < -0.4 is 15.4 Å². The number of rotatable bonds is 8. The minimum Gasteiger partial charge on any atom is -0.492 e. The fourth-order valence-electron chi connectivity index (χ4n) is 3.44. The molecule has 0 spiro atoms. The molecule has 0 aromatic heterocycles. The van der Waals surface area contributed by atoms with Crippen molar-refractivity contribution >= 4 is 39.8 Å². The minimum absolute atomic E-state index is 0. The van der Waals surface area contributed by atoms with E-state index < -0.39 is 9.84 Å². The monoisotopic (exact) mass is 552 g/mol. The Kier molecular flexibility index (Phi) is 10.6. The molecule has 10 heteroatoms. The van der Waals surface area contributed by atoms with Crippen LogP contribution >= 0.6 is 24.0 Å². The second kappa shape index (κ2) is 12.7. The van der Waals surface area contributed by atoms with Gasteiger partial charge in [-0.25, -0.2) is 13.4 Å². The van der Waals surface area contributed by atoms with E-state index in [1.165, 1.54) is 0 Å². The van der Waals surface area contributed by atoms with E-state index in [-0.39, 0.29) is 41.5 Å². The van der Waals surface area contributed by atoms with E-state index in [4.69, 9.17) is 9.47 Å². The maximum Gasteiger partial charge on any atom is 0.191 e. The normalized spacial score (nSPS) is 21.6. The summed E-state index contributed by atoms with van der Waals surface area (Å²) in [6.07, 6.45) is 0.624. The molecular formula is C20H33IN4O4S. The van der Waals surface area contributed by atoms with Gasteiger partial charge in [-0.15, -0.1) is 24.0 Å². The summed E-state index contributed by atoms with van der Waals surface area (Å²) in [6, 6.07) is 7.87. The maximum atomic E-state index is 11.7. The molecule has 0 saturated carbocycles. The zero-order valence-corrected chi connectivity index (χ0v) is 20.7. The van der Waals surface area contributed by atoms with Crippen LogP contribution in [-0.2, 0) is 21.1 Å². The lowest BCUT2D eigenvalue weighted by atomic mass is 10.2. The van der Waals surface area contributed by atoms with Crippen molar-refractivity contribution in [2.75, 3.05) is 57.5 Å². The van der Waals surface area contributed by atoms with Gasteiger partial charge in [-0.2, -0.15) is 0 Å². The first kappa shape index (κ1) is 25.2. The quantitative estimate of drug-likeness (QED) is 0.285. The Morgan fingerprint density at radius 1 is 1.33 bits per heavy atom. The summed E-state index contributed by atoms with van der Waals surface area (Å²) in [4.78, 5) is 6.95. The van der Waals surface area contributed by atoms with Gasteiger partial charge in [-0.05, 0) is 31.0 Å². The predicted molar refractivity (Wildman–Crippen MR) is 130 cm³/mol. The van der Waals surface area contributed by atoms with Crippen molar-refractivity contribution in [1.29, 1.82) is 0 Å². The fraction of sp³-hybridized carbons (Fsp3) is 0.650. The van der Waals surface area contributed by atoms with Crippen LogP contribution in [0.3, 0.4) is 0 Å². The van der Waals surface area contributed by atoms with Crippen molar-refractivity contribution in [1.82, 2.24) is 15.5 Å². The molecule has 0 radical (unpaired) electrons. The summed E-state index contributed by atoms with van der Waals surface area (Å²) < 4.78 is 34.6. The van der Waals surface area contributed by atoms with Gasteiger partial charge in [0.15, 0.2) is 15.8 Å². The molecule has 0 amide bonds. The van der Waals surface area contributed by atoms with Gasteiger partial charge >= 0.3 is 0 Å². The van der Waals surface area contributed by atoms with E-state index in [1.807, 2.05) is 31.2 Å². The number of nitrogens with one attached hydrogen (secondary N) is 2. The van der Waals surface area contributed by atoms with E-state index in [0.29, 0.717) is 25.5 Å². The number of guanidine groups is 1. The number of hydrogen-bond acceptors (Lipinski definition) is 6. The third-order valence-corrected chi connectivity index (χ3v) is 6.78. The summed E-state index contributed by atoms with van der Waals surface area (Å²) in [5, 5.41) is 6.43. The van der Waals surface area contributed by atoms with Gasteiger partial charge in [0.05, 0.1) is 31.3 Å². The van der Waals surface area contributed by atoms with Crippen LogP contribution in [0.2, 0.25) is 0 Å². The lowest BCUT2D eigenvalue weighted by molar-refractivity contribution is 0.0322. The second-order valence-corrected chi connectivity index (χ2v) is 9.62. The lowest BCUT2D eigenvalue weighted by Crippen LogP contribution is -2.44. The Balaban J connectivity index is 0.00000320. The molecule has 1 atom stereocenters. The second-order valence-electron chi connectivity index (χ2n) is 7.39. The Morgan fingerprint density at radius 3 is 2.83 bits per heavy atom. The van der Waals surface area contributed by atoms with E-state index in [1.54, 1.807) is 0 Å². The highest BCUT2D eigenvalue weighted by Crippen LogP contribution is 2.15. The molecule has 2 N–H and O–H groups in total. The van der Waals surface area contributed by atoms with Crippen molar-refractivity contribution in [3.8, 4) is 5.75 Å². The van der Waals surface area contributed by atoms with Crippen LogP contribution in [-0.4, -0.2) is 82.8 Å². The highest BCUT2D eigenvalue weighted by atomic mass is 127. The van der Waals surface area contributed by atoms with Gasteiger partial charge in [0.25, 0.3) is 0 Å². The average molecular weight is 552 g/mol. The molecule has 0 bridgehead atoms. The van der Waals surface area contributed by atoms with E-state index in [2.05, 4.69) is 20.5 Å². The zero-order chi connectivity index (χ0) is 20.5. The molecule has 8 nitrogen and oxygen atoms in total. The number of ether oxygens (including phenoxy) is 2. The van der Waals surface area contributed by atoms with Crippen LogP contribution in [0.5, 0.6) is 5.75 Å². The first-order chi connectivity index (χ1) is 14.0. The van der Waals surface area contributed by atoms with Gasteiger partial charge in [0, 0.05) is 32.2 Å². The molecule has 3 rings (SSSR count). The van der Waals surface area contributed by atoms with Gasteiger partial charge < -0.3 is 20.1 Å². The summed E-state index contributed by atoms with van der Waals surface area (Å²) in [5.41, 5.74) is 1.05. The molecule has 2 fully saturated rings. The maximum absolute atomic E-state index is 11.7. The van der Waals surface area contributed by atoms with Crippen molar-refractivity contribution in [3.63, 3.8) is 0 Å². The zero-order valence-electron chi connectivity index (χ0n) is 17.5. The summed E-state index contributed by atoms with van der Waals surface area (Å²) in [5.74, 6) is 1.90. The summed E-state index contributed by atoms with van der Waals surface area (Å²) in [6.45, 7) is 8.25. The van der Waals surface area contributed by atoms with Crippen LogP contribution in [0.4, 0.5) is 0 Å². The first-order valence-corrected chi connectivity index (χ1v) is 12.1. The lowest BCUT2D eigenvalue weighted by Gasteiger charge is -2.26. The third kappa shape index (κ3) is 8.56. The molecule has 2 aliphatic heterocycles. The van der Waals surface area contributed by atoms with Crippen molar-refractivity contribution in [3.05, 3.63) is 29.8 Å². The van der Waals surface area contributed by atoms with E-state index in [0.717, 1.165) is 50.7 Å². The molecule has 170 valence electrons. The van der Waals surface area contributed by atoms with Crippen molar-refractivity contribution < 1.29 is 17.9 Å². The first-order valence-electron chi connectivity index (χ1n) is 10.3. The fourth-order valence-corrected chi connectivity index (χ4v) is 5.12. The number of benzene rings is 1. The topological polar surface area (TPSA) is 92.3 Å². The molecule has 1 aromatic carbocycles. The minimum atomic E-state index is -2.92. The number of morpholine rings is 1. The van der Waals surface area contributed by atoms with Gasteiger partial charge in [0.2, 0.25) is 0 Å². The van der Waals surface area contributed by atoms with Gasteiger partial charge in [-0.3, -0.25) is 4.90 Å². The Labute approximate surface area is 196 Å². The van der Waals surface area contributed by atoms with Crippen molar-refractivity contribution in [2.45, 2.75) is 25.9 Å². The number of sulfone groups is 1. The number of hydrogen-bond donors (Lipinski definition) is 2. The molecule has 2 aliphatic rings. The summed E-state index contributed by atoms with van der Waals surface area (Å²) >= 11 is 0. The standard InChI is InChI=1S/C20H32N4O4S.HI/c1-2-21-20(23-18-6-13-29(25,26)16-18)22-15-17-4-3-5-19(14-17)28-12-9-24-7-10-27-11-8-24;/h3-5,14,18H,2,6-13,15-16H2,1H3,(H2,21,22,23);1H. The molecule has 2 heterocycles. The molecular weight excluding hydrogens is 519 g/mol. The Bertz CT molecular complexity index is 785. The smallest absolute Gasteiger partial charge is 0.191 e. The summed E-state index contributed by atoms with van der Waals surface area (Å²) in [7, 11) is -2.92. The van der Waals surface area contributed by atoms with Crippen LogP contribution in [0.1, 0.15) is 18.9 Å². The highest BCUT2D eigenvalue weighted by molar-refractivity contribution is 14.0. The number of nitrogens with zero attached hydrogens (tertiary/aromatic N) is 2. The van der Waals surface area contributed by atoms with Crippen LogP contribution in [0.15, 0.2) is 29.3 Å². The molecule has 30 heavy (non-hydrogen) atoms. The Morgan fingerprint density at radius 2 is 2.13 bits per heavy atom. The SMILES string of the molecule is CCNC(=NCc1cccc(OCCN2CCOCC2)c1)NC1CCS(=O)(=O)C1.I.